The topological polar surface area (TPSA) is 54.0 Å². The zero-order valence-corrected chi connectivity index (χ0v) is 13.3. The minimum Gasteiger partial charge on any atom is -0.279 e. The SMILES string of the molecule is CC(C)(C)c1nc2c(C#N)cccc2c2nc3ccccc3n12. The van der Waals surface area contributed by atoms with E-state index in [4.69, 9.17) is 9.97 Å². The quantitative estimate of drug-likeness (QED) is 0.489. The van der Waals surface area contributed by atoms with Crippen LogP contribution in [0.5, 0.6) is 0 Å². The smallest absolute Gasteiger partial charge is 0.148 e. The Kier molecular flexibility index (Phi) is 2.70. The first kappa shape index (κ1) is 13.7. The van der Waals surface area contributed by atoms with Crippen LogP contribution in [-0.4, -0.2) is 14.4 Å². The summed E-state index contributed by atoms with van der Waals surface area (Å²) in [5, 5.41) is 10.3. The van der Waals surface area contributed by atoms with E-state index in [1.54, 1.807) is 6.07 Å². The number of hydrogen-bond donors (Lipinski definition) is 0. The van der Waals surface area contributed by atoms with Crippen molar-refractivity contribution in [1.29, 1.82) is 5.26 Å². The number of hydrogen-bond acceptors (Lipinski definition) is 3. The number of rotatable bonds is 0. The van der Waals surface area contributed by atoms with Crippen LogP contribution in [0.25, 0.3) is 27.6 Å². The molecule has 23 heavy (non-hydrogen) atoms. The minimum atomic E-state index is -0.168. The zero-order valence-electron chi connectivity index (χ0n) is 13.3. The standard InChI is InChI=1S/C19H16N4/c1-19(2,3)18-22-16-12(11-20)7-6-8-13(16)17-21-14-9-4-5-10-15(14)23(17)18/h4-10H,1-3H3. The Labute approximate surface area is 134 Å². The molecule has 2 aromatic heterocycles. The van der Waals surface area contributed by atoms with E-state index in [0.717, 1.165) is 33.4 Å². The molecule has 0 fully saturated rings. The van der Waals surface area contributed by atoms with E-state index >= 15 is 0 Å². The van der Waals surface area contributed by atoms with E-state index in [-0.39, 0.29) is 5.41 Å². The fourth-order valence-corrected chi connectivity index (χ4v) is 3.01. The van der Waals surface area contributed by atoms with Crippen LogP contribution in [0.15, 0.2) is 42.5 Å². The van der Waals surface area contributed by atoms with Crippen molar-refractivity contribution in [3.63, 3.8) is 0 Å². The lowest BCUT2D eigenvalue weighted by atomic mass is 9.95. The number of nitriles is 1. The molecule has 0 amide bonds. The zero-order chi connectivity index (χ0) is 16.2. The van der Waals surface area contributed by atoms with Gasteiger partial charge in [-0.05, 0) is 24.3 Å². The first-order chi connectivity index (χ1) is 11.0. The van der Waals surface area contributed by atoms with Gasteiger partial charge in [-0.3, -0.25) is 4.40 Å². The van der Waals surface area contributed by atoms with Gasteiger partial charge in [-0.15, -0.1) is 0 Å². The van der Waals surface area contributed by atoms with Crippen molar-refractivity contribution >= 4 is 27.6 Å². The molecule has 4 rings (SSSR count). The van der Waals surface area contributed by atoms with E-state index in [1.165, 1.54) is 0 Å². The van der Waals surface area contributed by atoms with Gasteiger partial charge in [-0.25, -0.2) is 9.97 Å². The van der Waals surface area contributed by atoms with Gasteiger partial charge in [-0.2, -0.15) is 5.26 Å². The molecule has 0 saturated heterocycles. The van der Waals surface area contributed by atoms with Gasteiger partial charge in [0.05, 0.1) is 22.1 Å². The molecule has 2 heterocycles. The summed E-state index contributed by atoms with van der Waals surface area (Å²) in [5.74, 6) is 0.913. The third-order valence-electron chi connectivity index (χ3n) is 4.06. The molecule has 0 aliphatic heterocycles. The summed E-state index contributed by atoms with van der Waals surface area (Å²) < 4.78 is 2.12. The highest BCUT2D eigenvalue weighted by Crippen LogP contribution is 2.31. The molecule has 0 unspecified atom stereocenters. The lowest BCUT2D eigenvalue weighted by Gasteiger charge is -2.21. The second-order valence-electron chi connectivity index (χ2n) is 6.76. The lowest BCUT2D eigenvalue weighted by Crippen LogP contribution is -2.19. The molecule has 0 atom stereocenters. The molecule has 0 N–H and O–H groups in total. The Morgan fingerprint density at radius 3 is 2.52 bits per heavy atom. The van der Waals surface area contributed by atoms with Crippen LogP contribution in [0.2, 0.25) is 0 Å². The van der Waals surface area contributed by atoms with Gasteiger partial charge in [0.1, 0.15) is 17.5 Å². The number of imidazole rings is 1. The fraction of sp³-hybridized carbons (Fsp3) is 0.211. The van der Waals surface area contributed by atoms with Gasteiger partial charge in [0.25, 0.3) is 0 Å². The molecule has 4 nitrogen and oxygen atoms in total. The van der Waals surface area contributed by atoms with E-state index in [1.807, 2.05) is 30.3 Å². The van der Waals surface area contributed by atoms with Crippen molar-refractivity contribution in [1.82, 2.24) is 14.4 Å². The Bertz CT molecular complexity index is 1110. The van der Waals surface area contributed by atoms with Crippen LogP contribution < -0.4 is 0 Å². The minimum absolute atomic E-state index is 0.168. The van der Waals surface area contributed by atoms with Crippen molar-refractivity contribution in [3.8, 4) is 6.07 Å². The predicted molar refractivity (Wildman–Crippen MR) is 91.4 cm³/mol. The van der Waals surface area contributed by atoms with Gasteiger partial charge in [0.2, 0.25) is 0 Å². The van der Waals surface area contributed by atoms with Gasteiger partial charge >= 0.3 is 0 Å². The molecule has 0 aliphatic carbocycles. The van der Waals surface area contributed by atoms with E-state index in [9.17, 15) is 5.26 Å². The predicted octanol–water partition coefficient (Wildman–Crippen LogP) is 4.20. The third kappa shape index (κ3) is 1.90. The first-order valence-electron chi connectivity index (χ1n) is 7.61. The Balaban J connectivity index is 2.35. The molecule has 0 saturated carbocycles. The average molecular weight is 300 g/mol. The van der Waals surface area contributed by atoms with Crippen LogP contribution >= 0.6 is 0 Å². The van der Waals surface area contributed by atoms with Crippen LogP contribution in [0.4, 0.5) is 0 Å². The van der Waals surface area contributed by atoms with E-state index in [2.05, 4.69) is 37.3 Å². The summed E-state index contributed by atoms with van der Waals surface area (Å²) in [7, 11) is 0. The Morgan fingerprint density at radius 2 is 1.78 bits per heavy atom. The molecule has 0 spiro atoms. The number of benzene rings is 2. The van der Waals surface area contributed by atoms with Crippen molar-refractivity contribution in [2.75, 3.05) is 0 Å². The molecule has 4 heteroatoms. The summed E-state index contributed by atoms with van der Waals surface area (Å²) in [4.78, 5) is 9.67. The fourth-order valence-electron chi connectivity index (χ4n) is 3.01. The normalized spacial score (nSPS) is 12.1. The summed E-state index contributed by atoms with van der Waals surface area (Å²) in [6.45, 7) is 6.39. The summed E-state index contributed by atoms with van der Waals surface area (Å²) in [6.07, 6.45) is 0. The average Bonchev–Trinajstić information content (AvgIpc) is 2.92. The highest BCUT2D eigenvalue weighted by molar-refractivity contribution is 5.98. The lowest BCUT2D eigenvalue weighted by molar-refractivity contribution is 0.542. The third-order valence-corrected chi connectivity index (χ3v) is 4.06. The second-order valence-corrected chi connectivity index (χ2v) is 6.76. The van der Waals surface area contributed by atoms with Crippen LogP contribution in [-0.2, 0) is 5.41 Å². The van der Waals surface area contributed by atoms with Crippen LogP contribution in [0, 0.1) is 11.3 Å². The second kappa shape index (κ2) is 4.53. The molecule has 0 radical (unpaired) electrons. The van der Waals surface area contributed by atoms with Gasteiger partial charge in [-0.1, -0.05) is 39.0 Å². The number of aromatic nitrogens is 3. The number of nitrogens with zero attached hydrogens (tertiary/aromatic N) is 4. The highest BCUT2D eigenvalue weighted by atomic mass is 15.1. The monoisotopic (exact) mass is 300 g/mol. The van der Waals surface area contributed by atoms with Crippen LogP contribution in [0.3, 0.4) is 0 Å². The maximum absolute atomic E-state index is 9.42. The van der Waals surface area contributed by atoms with E-state index < -0.39 is 0 Å². The maximum Gasteiger partial charge on any atom is 0.148 e. The molecule has 112 valence electrons. The Morgan fingerprint density at radius 1 is 1.00 bits per heavy atom. The first-order valence-corrected chi connectivity index (χ1v) is 7.61. The van der Waals surface area contributed by atoms with Gasteiger partial charge < -0.3 is 0 Å². The van der Waals surface area contributed by atoms with Crippen molar-refractivity contribution in [2.24, 2.45) is 0 Å². The molecular formula is C19H16N4. The van der Waals surface area contributed by atoms with Crippen molar-refractivity contribution in [3.05, 3.63) is 53.9 Å². The highest BCUT2D eigenvalue weighted by Gasteiger charge is 2.23. The molecule has 0 bridgehead atoms. The van der Waals surface area contributed by atoms with E-state index in [0.29, 0.717) is 5.56 Å². The molecule has 4 aromatic rings. The largest absolute Gasteiger partial charge is 0.279 e. The summed E-state index contributed by atoms with van der Waals surface area (Å²) >= 11 is 0. The van der Waals surface area contributed by atoms with Crippen molar-refractivity contribution < 1.29 is 0 Å². The molecule has 0 aliphatic rings. The molecular weight excluding hydrogens is 284 g/mol. The van der Waals surface area contributed by atoms with Crippen molar-refractivity contribution in [2.45, 2.75) is 26.2 Å². The maximum atomic E-state index is 9.42. The van der Waals surface area contributed by atoms with Gasteiger partial charge in [0, 0.05) is 10.8 Å². The Hall–Kier alpha value is -2.93. The summed E-state index contributed by atoms with van der Waals surface area (Å²) in [6, 6.07) is 16.0. The number of para-hydroxylation sites is 3. The summed E-state index contributed by atoms with van der Waals surface area (Å²) in [5.41, 5.74) is 3.99. The number of fused-ring (bicyclic) bond motifs is 5. The van der Waals surface area contributed by atoms with Gasteiger partial charge in [0.15, 0.2) is 0 Å². The van der Waals surface area contributed by atoms with Crippen LogP contribution in [0.1, 0.15) is 32.2 Å². The molecule has 2 aromatic carbocycles.